The lowest BCUT2D eigenvalue weighted by atomic mass is 10.00. The summed E-state index contributed by atoms with van der Waals surface area (Å²) in [5.41, 5.74) is 1.03. The van der Waals surface area contributed by atoms with Crippen molar-refractivity contribution in [3.63, 3.8) is 0 Å². The Morgan fingerprint density at radius 1 is 1.38 bits per heavy atom. The van der Waals surface area contributed by atoms with Gasteiger partial charge in [-0.1, -0.05) is 37.0 Å². The number of nitrogens with one attached hydrogen (secondary N) is 1. The molecule has 1 unspecified atom stereocenters. The fourth-order valence-electron chi connectivity index (χ4n) is 2.02. The lowest BCUT2D eigenvalue weighted by Gasteiger charge is -2.29. The van der Waals surface area contributed by atoms with Crippen LogP contribution in [0.3, 0.4) is 0 Å². The number of hydrogen-bond donors (Lipinski definition) is 1. The third-order valence-corrected chi connectivity index (χ3v) is 3.13. The standard InChI is InChI=1S/C12H15Cl2NO/c1-7(2)15-10-3-4-16-11-6-8(13)5-9(14)12(10)11/h5-7,10,15H,3-4H2,1-2H3. The first-order valence-corrected chi connectivity index (χ1v) is 6.21. The van der Waals surface area contributed by atoms with Gasteiger partial charge < -0.3 is 10.1 Å². The van der Waals surface area contributed by atoms with E-state index in [9.17, 15) is 0 Å². The minimum absolute atomic E-state index is 0.258. The van der Waals surface area contributed by atoms with Gasteiger partial charge in [-0.15, -0.1) is 0 Å². The monoisotopic (exact) mass is 259 g/mol. The average Bonchev–Trinajstić information content (AvgIpc) is 2.15. The molecule has 0 bridgehead atoms. The fraction of sp³-hybridized carbons (Fsp3) is 0.500. The van der Waals surface area contributed by atoms with Gasteiger partial charge in [0.1, 0.15) is 5.75 Å². The largest absolute Gasteiger partial charge is 0.493 e. The molecule has 0 fully saturated rings. The van der Waals surface area contributed by atoms with Gasteiger partial charge in [-0.25, -0.2) is 0 Å². The summed E-state index contributed by atoms with van der Waals surface area (Å²) in [4.78, 5) is 0. The molecule has 16 heavy (non-hydrogen) atoms. The molecule has 1 aromatic carbocycles. The molecule has 0 amide bonds. The van der Waals surface area contributed by atoms with Gasteiger partial charge in [0, 0.05) is 29.1 Å². The molecule has 0 aliphatic carbocycles. The Bertz CT molecular complexity index is 393. The van der Waals surface area contributed by atoms with Crippen molar-refractivity contribution in [1.82, 2.24) is 5.32 Å². The highest BCUT2D eigenvalue weighted by atomic mass is 35.5. The first-order chi connectivity index (χ1) is 7.58. The van der Waals surface area contributed by atoms with Gasteiger partial charge >= 0.3 is 0 Å². The van der Waals surface area contributed by atoms with Crippen LogP contribution >= 0.6 is 23.2 Å². The van der Waals surface area contributed by atoms with Crippen LogP contribution in [-0.2, 0) is 0 Å². The second-order valence-electron chi connectivity index (χ2n) is 4.31. The minimum atomic E-state index is 0.258. The molecule has 2 rings (SSSR count). The van der Waals surface area contributed by atoms with Crippen LogP contribution in [0.1, 0.15) is 31.9 Å². The molecule has 1 heterocycles. The van der Waals surface area contributed by atoms with Gasteiger partial charge in [-0.2, -0.15) is 0 Å². The highest BCUT2D eigenvalue weighted by Gasteiger charge is 2.25. The molecule has 1 aliphatic heterocycles. The Morgan fingerprint density at radius 3 is 2.81 bits per heavy atom. The molecular weight excluding hydrogens is 245 g/mol. The zero-order valence-electron chi connectivity index (χ0n) is 9.39. The molecule has 0 saturated carbocycles. The number of ether oxygens (including phenoxy) is 1. The maximum Gasteiger partial charge on any atom is 0.127 e. The van der Waals surface area contributed by atoms with Crippen LogP contribution in [0.15, 0.2) is 12.1 Å². The zero-order valence-corrected chi connectivity index (χ0v) is 10.9. The van der Waals surface area contributed by atoms with E-state index in [4.69, 9.17) is 27.9 Å². The summed E-state index contributed by atoms with van der Waals surface area (Å²) in [5.74, 6) is 0.807. The lowest BCUT2D eigenvalue weighted by Crippen LogP contribution is -2.32. The maximum absolute atomic E-state index is 6.22. The molecule has 0 aromatic heterocycles. The summed E-state index contributed by atoms with van der Waals surface area (Å²) < 4.78 is 5.59. The van der Waals surface area contributed by atoms with Crippen LogP contribution in [0.25, 0.3) is 0 Å². The van der Waals surface area contributed by atoms with Crippen LogP contribution in [0, 0.1) is 0 Å². The number of halogens is 2. The summed E-state index contributed by atoms with van der Waals surface area (Å²) in [6.07, 6.45) is 0.937. The molecule has 0 radical (unpaired) electrons. The van der Waals surface area contributed by atoms with Crippen molar-refractivity contribution < 1.29 is 4.74 Å². The van der Waals surface area contributed by atoms with Crippen LogP contribution in [0.4, 0.5) is 0 Å². The van der Waals surface area contributed by atoms with E-state index in [1.54, 1.807) is 6.07 Å². The second kappa shape index (κ2) is 4.82. The average molecular weight is 260 g/mol. The first kappa shape index (κ1) is 12.0. The first-order valence-electron chi connectivity index (χ1n) is 5.45. The van der Waals surface area contributed by atoms with Gasteiger partial charge in [0.15, 0.2) is 0 Å². The highest BCUT2D eigenvalue weighted by molar-refractivity contribution is 6.35. The quantitative estimate of drug-likeness (QED) is 0.872. The molecule has 0 saturated heterocycles. The van der Waals surface area contributed by atoms with Crippen molar-refractivity contribution in [1.29, 1.82) is 0 Å². The summed E-state index contributed by atoms with van der Waals surface area (Å²) in [7, 11) is 0. The van der Waals surface area contributed by atoms with Crippen molar-refractivity contribution in [2.45, 2.75) is 32.4 Å². The van der Waals surface area contributed by atoms with Gasteiger partial charge in [0.05, 0.1) is 11.6 Å². The predicted molar refractivity (Wildman–Crippen MR) is 67.6 cm³/mol. The SMILES string of the molecule is CC(C)NC1CCOc2cc(Cl)cc(Cl)c21. The van der Waals surface area contributed by atoms with E-state index in [2.05, 4.69) is 19.2 Å². The number of fused-ring (bicyclic) bond motifs is 1. The molecular formula is C12H15Cl2NO. The van der Waals surface area contributed by atoms with Crippen LogP contribution in [0.5, 0.6) is 5.75 Å². The molecule has 1 N–H and O–H groups in total. The Kier molecular flexibility index (Phi) is 3.63. The van der Waals surface area contributed by atoms with Crippen molar-refractivity contribution in [2.75, 3.05) is 6.61 Å². The number of benzene rings is 1. The van der Waals surface area contributed by atoms with Gasteiger partial charge in [-0.05, 0) is 12.1 Å². The van der Waals surface area contributed by atoms with E-state index in [-0.39, 0.29) is 6.04 Å². The fourth-order valence-corrected chi connectivity index (χ4v) is 2.63. The maximum atomic E-state index is 6.22. The molecule has 88 valence electrons. The van der Waals surface area contributed by atoms with E-state index in [0.717, 1.165) is 17.7 Å². The normalized spacial score (nSPS) is 19.4. The van der Waals surface area contributed by atoms with E-state index in [1.165, 1.54) is 0 Å². The third-order valence-electron chi connectivity index (χ3n) is 2.60. The van der Waals surface area contributed by atoms with Gasteiger partial charge in [0.25, 0.3) is 0 Å². The van der Waals surface area contributed by atoms with Crippen molar-refractivity contribution >= 4 is 23.2 Å². The zero-order chi connectivity index (χ0) is 11.7. The van der Waals surface area contributed by atoms with E-state index >= 15 is 0 Å². The minimum Gasteiger partial charge on any atom is -0.493 e. The van der Waals surface area contributed by atoms with Crippen LogP contribution in [0.2, 0.25) is 10.0 Å². The third kappa shape index (κ3) is 2.45. The van der Waals surface area contributed by atoms with E-state index in [1.807, 2.05) is 6.07 Å². The van der Waals surface area contributed by atoms with Crippen molar-refractivity contribution in [2.24, 2.45) is 0 Å². The number of hydrogen-bond acceptors (Lipinski definition) is 2. The lowest BCUT2D eigenvalue weighted by molar-refractivity contribution is 0.247. The molecule has 2 nitrogen and oxygen atoms in total. The smallest absolute Gasteiger partial charge is 0.127 e. The van der Waals surface area contributed by atoms with Crippen molar-refractivity contribution in [3.8, 4) is 5.75 Å². The molecule has 4 heteroatoms. The molecule has 1 atom stereocenters. The second-order valence-corrected chi connectivity index (χ2v) is 5.15. The van der Waals surface area contributed by atoms with Crippen LogP contribution in [-0.4, -0.2) is 12.6 Å². The molecule has 0 spiro atoms. The van der Waals surface area contributed by atoms with Crippen LogP contribution < -0.4 is 10.1 Å². The summed E-state index contributed by atoms with van der Waals surface area (Å²) in [6, 6.07) is 4.28. The Labute approximate surface area is 106 Å². The van der Waals surface area contributed by atoms with E-state index < -0.39 is 0 Å². The summed E-state index contributed by atoms with van der Waals surface area (Å²) >= 11 is 12.2. The Hall–Kier alpha value is -0.440. The van der Waals surface area contributed by atoms with Gasteiger partial charge in [-0.3, -0.25) is 0 Å². The summed E-state index contributed by atoms with van der Waals surface area (Å²) in [5, 5.41) is 4.79. The molecule has 1 aromatic rings. The Morgan fingerprint density at radius 2 is 2.12 bits per heavy atom. The van der Waals surface area contributed by atoms with Gasteiger partial charge in [0.2, 0.25) is 0 Å². The van der Waals surface area contributed by atoms with Crippen molar-refractivity contribution in [3.05, 3.63) is 27.7 Å². The number of rotatable bonds is 2. The Balaban J connectivity index is 2.37. The molecule has 1 aliphatic rings. The summed E-state index contributed by atoms with van der Waals surface area (Å²) in [6.45, 7) is 4.95. The predicted octanol–water partition coefficient (Wildman–Crippen LogP) is 3.82. The van der Waals surface area contributed by atoms with E-state index in [0.29, 0.717) is 22.7 Å². The topological polar surface area (TPSA) is 21.3 Å². The highest BCUT2D eigenvalue weighted by Crippen LogP contribution is 2.39.